The van der Waals surface area contributed by atoms with Gasteiger partial charge in [-0.25, -0.2) is 9.97 Å². The zero-order chi connectivity index (χ0) is 20.7. The fraction of sp³-hybridized carbons (Fsp3) is 0.458. The standard InChI is InChI=1S/C24H28N4OS/c1-15-20-16(2)26-22(17-9-10-17)27-24(20)30-21(15)23(29)25-13-18-7-3-4-8-19(18)14-28-11-5-6-12-28/h3-4,7-8,17H,5-6,9-14H2,1-2H3,(H,25,29). The number of likely N-dealkylation sites (tertiary alicyclic amines) is 1. The van der Waals surface area contributed by atoms with Crippen molar-refractivity contribution in [2.45, 2.75) is 58.5 Å². The summed E-state index contributed by atoms with van der Waals surface area (Å²) < 4.78 is 0. The van der Waals surface area contributed by atoms with E-state index in [4.69, 9.17) is 9.97 Å². The van der Waals surface area contributed by atoms with Gasteiger partial charge >= 0.3 is 0 Å². The van der Waals surface area contributed by atoms with Crippen LogP contribution in [0.25, 0.3) is 10.2 Å². The van der Waals surface area contributed by atoms with E-state index in [9.17, 15) is 4.79 Å². The van der Waals surface area contributed by atoms with Crippen molar-refractivity contribution in [3.63, 3.8) is 0 Å². The lowest BCUT2D eigenvalue weighted by Gasteiger charge is -2.17. The maximum Gasteiger partial charge on any atom is 0.261 e. The summed E-state index contributed by atoms with van der Waals surface area (Å²) in [7, 11) is 0. The van der Waals surface area contributed by atoms with Crippen LogP contribution in [0.15, 0.2) is 24.3 Å². The van der Waals surface area contributed by atoms with E-state index in [1.807, 2.05) is 13.8 Å². The van der Waals surface area contributed by atoms with Gasteiger partial charge in [0.15, 0.2) is 0 Å². The summed E-state index contributed by atoms with van der Waals surface area (Å²) in [6, 6.07) is 8.45. The molecule has 6 heteroatoms. The quantitative estimate of drug-likeness (QED) is 0.627. The lowest BCUT2D eigenvalue weighted by atomic mass is 10.1. The number of aryl methyl sites for hydroxylation is 2. The van der Waals surface area contributed by atoms with Crippen molar-refractivity contribution < 1.29 is 4.79 Å². The number of aromatic nitrogens is 2. The van der Waals surface area contributed by atoms with Crippen molar-refractivity contribution in [2.24, 2.45) is 0 Å². The Morgan fingerprint density at radius 3 is 2.60 bits per heavy atom. The lowest BCUT2D eigenvalue weighted by Crippen LogP contribution is -2.24. The Labute approximate surface area is 181 Å². The van der Waals surface area contributed by atoms with Crippen molar-refractivity contribution in [1.29, 1.82) is 0 Å². The molecule has 3 heterocycles. The van der Waals surface area contributed by atoms with Crippen molar-refractivity contribution >= 4 is 27.5 Å². The van der Waals surface area contributed by atoms with Crippen LogP contribution in [0.5, 0.6) is 0 Å². The summed E-state index contributed by atoms with van der Waals surface area (Å²) in [5, 5.41) is 4.20. The highest BCUT2D eigenvalue weighted by atomic mass is 32.1. The molecule has 0 radical (unpaired) electrons. The molecule has 5 nitrogen and oxygen atoms in total. The summed E-state index contributed by atoms with van der Waals surface area (Å²) in [4.78, 5) is 26.7. The van der Waals surface area contributed by atoms with Crippen LogP contribution >= 0.6 is 11.3 Å². The summed E-state index contributed by atoms with van der Waals surface area (Å²) in [6.45, 7) is 7.91. The predicted molar refractivity (Wildman–Crippen MR) is 121 cm³/mol. The molecule has 1 amide bonds. The number of carbonyl (C=O) groups is 1. The van der Waals surface area contributed by atoms with E-state index >= 15 is 0 Å². The van der Waals surface area contributed by atoms with E-state index in [-0.39, 0.29) is 5.91 Å². The van der Waals surface area contributed by atoms with Crippen LogP contribution in [-0.4, -0.2) is 33.9 Å². The lowest BCUT2D eigenvalue weighted by molar-refractivity contribution is 0.0954. The van der Waals surface area contributed by atoms with Crippen LogP contribution in [0, 0.1) is 13.8 Å². The Hall–Kier alpha value is -2.31. The number of amides is 1. The Morgan fingerprint density at radius 2 is 1.87 bits per heavy atom. The van der Waals surface area contributed by atoms with E-state index in [0.29, 0.717) is 12.5 Å². The third kappa shape index (κ3) is 3.86. The van der Waals surface area contributed by atoms with Gasteiger partial charge in [0.2, 0.25) is 0 Å². The fourth-order valence-electron chi connectivity index (χ4n) is 4.42. The third-order valence-electron chi connectivity index (χ3n) is 6.29. The highest BCUT2D eigenvalue weighted by molar-refractivity contribution is 7.20. The van der Waals surface area contributed by atoms with Gasteiger partial charge in [-0.3, -0.25) is 9.69 Å². The number of thiophene rings is 1. The van der Waals surface area contributed by atoms with E-state index in [2.05, 4.69) is 34.5 Å². The molecule has 2 fully saturated rings. The maximum absolute atomic E-state index is 13.0. The summed E-state index contributed by atoms with van der Waals surface area (Å²) in [5.74, 6) is 1.45. The highest BCUT2D eigenvalue weighted by Crippen LogP contribution is 2.40. The molecule has 0 atom stereocenters. The van der Waals surface area contributed by atoms with Crippen LogP contribution < -0.4 is 5.32 Å². The number of rotatable bonds is 6. The van der Waals surface area contributed by atoms with Gasteiger partial charge in [-0.15, -0.1) is 11.3 Å². The first-order chi connectivity index (χ1) is 14.6. The monoisotopic (exact) mass is 420 g/mol. The zero-order valence-corrected chi connectivity index (χ0v) is 18.5. The Bertz CT molecular complexity index is 1100. The van der Waals surface area contributed by atoms with Gasteiger partial charge in [0.25, 0.3) is 5.91 Å². The van der Waals surface area contributed by atoms with E-state index < -0.39 is 0 Å². The minimum absolute atomic E-state index is 0.0150. The molecule has 2 aromatic heterocycles. The van der Waals surface area contributed by atoms with Crippen molar-refractivity contribution in [3.8, 4) is 0 Å². The number of benzene rings is 1. The summed E-state index contributed by atoms with van der Waals surface area (Å²) in [5.41, 5.74) is 4.50. The number of hydrogen-bond donors (Lipinski definition) is 1. The first kappa shape index (κ1) is 19.6. The second-order valence-corrected chi connectivity index (χ2v) is 9.61. The van der Waals surface area contributed by atoms with Gasteiger partial charge < -0.3 is 5.32 Å². The molecular formula is C24H28N4OS. The van der Waals surface area contributed by atoms with Crippen LogP contribution in [-0.2, 0) is 13.1 Å². The van der Waals surface area contributed by atoms with Crippen LogP contribution in [0.1, 0.15) is 69.5 Å². The second-order valence-electron chi connectivity index (χ2n) is 8.61. The molecular weight excluding hydrogens is 392 g/mol. The first-order valence-corrected chi connectivity index (χ1v) is 11.8. The smallest absolute Gasteiger partial charge is 0.261 e. The van der Waals surface area contributed by atoms with Gasteiger partial charge in [0.05, 0.1) is 10.6 Å². The van der Waals surface area contributed by atoms with Crippen LogP contribution in [0.4, 0.5) is 0 Å². The Kier molecular flexibility index (Phi) is 5.29. The van der Waals surface area contributed by atoms with E-state index in [1.165, 1.54) is 61.2 Å². The van der Waals surface area contributed by atoms with Crippen molar-refractivity contribution in [1.82, 2.24) is 20.2 Å². The van der Waals surface area contributed by atoms with Gasteiger partial charge in [0, 0.05) is 24.4 Å². The maximum atomic E-state index is 13.0. The molecule has 1 saturated carbocycles. The van der Waals surface area contributed by atoms with Gasteiger partial charge in [0.1, 0.15) is 10.7 Å². The van der Waals surface area contributed by atoms with E-state index in [0.717, 1.165) is 38.7 Å². The topological polar surface area (TPSA) is 58.1 Å². The predicted octanol–water partition coefficient (Wildman–Crippen LogP) is 4.71. The molecule has 1 saturated heterocycles. The molecule has 3 aromatic rings. The summed E-state index contributed by atoms with van der Waals surface area (Å²) in [6.07, 6.45) is 4.93. The molecule has 156 valence electrons. The third-order valence-corrected chi connectivity index (χ3v) is 7.47. The normalized spacial score (nSPS) is 17.0. The number of nitrogens with zero attached hydrogens (tertiary/aromatic N) is 3. The van der Waals surface area contributed by atoms with E-state index in [1.54, 1.807) is 0 Å². The SMILES string of the molecule is Cc1nc(C2CC2)nc2sc(C(=O)NCc3ccccc3CN3CCCC3)c(C)c12. The average Bonchev–Trinajstić information content (AvgIpc) is 3.37. The fourth-order valence-corrected chi connectivity index (χ4v) is 5.58. The van der Waals surface area contributed by atoms with Crippen molar-refractivity contribution in [3.05, 3.63) is 57.4 Å². The molecule has 30 heavy (non-hydrogen) atoms. The number of fused-ring (bicyclic) bond motifs is 1. The van der Waals surface area contributed by atoms with Crippen LogP contribution in [0.2, 0.25) is 0 Å². The Balaban J connectivity index is 1.34. The number of carbonyl (C=O) groups excluding carboxylic acids is 1. The van der Waals surface area contributed by atoms with Gasteiger partial charge in [-0.1, -0.05) is 24.3 Å². The molecule has 2 aliphatic rings. The molecule has 1 N–H and O–H groups in total. The molecule has 0 spiro atoms. The number of hydrogen-bond acceptors (Lipinski definition) is 5. The molecule has 1 aliphatic carbocycles. The number of nitrogens with one attached hydrogen (secondary N) is 1. The molecule has 0 bridgehead atoms. The molecule has 5 rings (SSSR count). The highest BCUT2D eigenvalue weighted by Gasteiger charge is 2.28. The van der Waals surface area contributed by atoms with Gasteiger partial charge in [-0.2, -0.15) is 0 Å². The second kappa shape index (κ2) is 8.08. The molecule has 1 aliphatic heterocycles. The van der Waals surface area contributed by atoms with Gasteiger partial charge in [-0.05, 0) is 69.3 Å². The summed E-state index contributed by atoms with van der Waals surface area (Å²) >= 11 is 1.50. The minimum atomic E-state index is -0.0150. The van der Waals surface area contributed by atoms with Crippen LogP contribution in [0.3, 0.4) is 0 Å². The molecule has 1 aromatic carbocycles. The average molecular weight is 421 g/mol. The first-order valence-electron chi connectivity index (χ1n) is 10.9. The Morgan fingerprint density at radius 1 is 1.13 bits per heavy atom. The molecule has 0 unspecified atom stereocenters. The zero-order valence-electron chi connectivity index (χ0n) is 17.7. The minimum Gasteiger partial charge on any atom is -0.347 e. The van der Waals surface area contributed by atoms with Crippen molar-refractivity contribution in [2.75, 3.05) is 13.1 Å². The largest absolute Gasteiger partial charge is 0.347 e.